The molecule has 0 fully saturated rings. The maximum Gasteiger partial charge on any atom is 0.135 e. The largest absolute Gasteiger partial charge is 0.456 e. The topological polar surface area (TPSA) is 16.4 Å². The van der Waals surface area contributed by atoms with Gasteiger partial charge in [-0.1, -0.05) is 188 Å². The van der Waals surface area contributed by atoms with E-state index in [-0.39, 0.29) is 0 Å². The summed E-state index contributed by atoms with van der Waals surface area (Å²) in [6, 6.07) is 80.8. The predicted molar refractivity (Wildman–Crippen MR) is 245 cm³/mol. The minimum absolute atomic E-state index is 0.867. The highest BCUT2D eigenvalue weighted by atomic mass is 16.3. The molecule has 10 aromatic carbocycles. The Morgan fingerprint density at radius 1 is 0.276 bits per heavy atom. The number of benzene rings is 10. The molecule has 0 amide bonds. The van der Waals surface area contributed by atoms with Gasteiger partial charge in [-0.25, -0.2) is 0 Å². The molecule has 11 rings (SSSR count). The normalized spacial score (nSPS) is 11.4. The molecule has 1 heterocycles. The van der Waals surface area contributed by atoms with Crippen LogP contribution in [0.5, 0.6) is 0 Å². The van der Waals surface area contributed by atoms with E-state index in [0.717, 1.165) is 56.0 Å². The standard InChI is InChI=1S/C56H37NO/c1-2-15-38(16-3-1)39-29-31-40(32-30-39)47-22-11-12-27-52(47)57(54-36-42-17-4-6-21-45(42)48-23-8-10-26-51(48)54)53-34-33-46(49-24-7-9-25-50(49)53)41-19-14-20-43(35-41)56-37-44-18-5-13-28-55(44)58-56/h1-37H. The van der Waals surface area contributed by atoms with Crippen LogP contribution in [0.4, 0.5) is 17.1 Å². The van der Waals surface area contributed by atoms with Crippen molar-refractivity contribution in [1.82, 2.24) is 0 Å². The summed E-state index contributed by atoms with van der Waals surface area (Å²) in [4.78, 5) is 2.49. The Balaban J connectivity index is 1.13. The van der Waals surface area contributed by atoms with Gasteiger partial charge in [-0.3, -0.25) is 0 Å². The highest BCUT2D eigenvalue weighted by Gasteiger charge is 2.23. The van der Waals surface area contributed by atoms with E-state index >= 15 is 0 Å². The highest BCUT2D eigenvalue weighted by molar-refractivity contribution is 6.17. The number of anilines is 3. The Bertz CT molecular complexity index is 3250. The first-order valence-corrected chi connectivity index (χ1v) is 19.8. The predicted octanol–water partition coefficient (Wildman–Crippen LogP) is 16.0. The molecule has 0 saturated heterocycles. The zero-order valence-corrected chi connectivity index (χ0v) is 31.7. The van der Waals surface area contributed by atoms with Gasteiger partial charge >= 0.3 is 0 Å². The summed E-state index contributed by atoms with van der Waals surface area (Å²) in [5.74, 6) is 0.867. The third-order valence-electron chi connectivity index (χ3n) is 11.5. The molecule has 2 heteroatoms. The van der Waals surface area contributed by atoms with Gasteiger partial charge in [0.05, 0.1) is 17.1 Å². The third-order valence-corrected chi connectivity index (χ3v) is 11.5. The van der Waals surface area contributed by atoms with Gasteiger partial charge in [0, 0.05) is 27.3 Å². The van der Waals surface area contributed by atoms with Gasteiger partial charge in [0.1, 0.15) is 11.3 Å². The molecule has 0 aliphatic carbocycles. The first-order chi connectivity index (χ1) is 28.8. The van der Waals surface area contributed by atoms with Crippen LogP contribution in [0.15, 0.2) is 229 Å². The lowest BCUT2D eigenvalue weighted by molar-refractivity contribution is 0.631. The van der Waals surface area contributed by atoms with E-state index in [0.29, 0.717) is 0 Å². The van der Waals surface area contributed by atoms with Crippen LogP contribution in [-0.4, -0.2) is 0 Å². The lowest BCUT2D eigenvalue weighted by Crippen LogP contribution is -2.12. The van der Waals surface area contributed by atoms with Crippen molar-refractivity contribution in [2.75, 3.05) is 4.90 Å². The maximum atomic E-state index is 6.32. The van der Waals surface area contributed by atoms with Gasteiger partial charge in [0.25, 0.3) is 0 Å². The second-order valence-electron chi connectivity index (χ2n) is 14.9. The fourth-order valence-electron chi connectivity index (χ4n) is 8.69. The van der Waals surface area contributed by atoms with Crippen LogP contribution in [-0.2, 0) is 0 Å². The Morgan fingerprint density at radius 3 is 1.67 bits per heavy atom. The first kappa shape index (κ1) is 33.6. The molecule has 0 aliphatic heterocycles. The minimum Gasteiger partial charge on any atom is -0.456 e. The number of hydrogen-bond acceptors (Lipinski definition) is 2. The lowest BCUT2D eigenvalue weighted by atomic mass is 9.93. The molecule has 272 valence electrons. The average Bonchev–Trinajstić information content (AvgIpc) is 3.75. The summed E-state index contributed by atoms with van der Waals surface area (Å²) in [6.45, 7) is 0. The molecule has 0 bridgehead atoms. The van der Waals surface area contributed by atoms with Gasteiger partial charge in [-0.2, -0.15) is 0 Å². The van der Waals surface area contributed by atoms with Crippen LogP contribution >= 0.6 is 0 Å². The molecular weight excluding hydrogens is 703 g/mol. The van der Waals surface area contributed by atoms with Crippen molar-refractivity contribution in [3.05, 3.63) is 224 Å². The number of hydrogen-bond donors (Lipinski definition) is 0. The summed E-state index contributed by atoms with van der Waals surface area (Å²) >= 11 is 0. The third kappa shape index (κ3) is 5.82. The molecule has 11 aromatic rings. The van der Waals surface area contributed by atoms with Crippen LogP contribution in [0.25, 0.3) is 88.0 Å². The van der Waals surface area contributed by atoms with Gasteiger partial charge in [0.15, 0.2) is 0 Å². The molecule has 0 unspecified atom stereocenters. The van der Waals surface area contributed by atoms with E-state index in [1.54, 1.807) is 0 Å². The molecule has 58 heavy (non-hydrogen) atoms. The lowest BCUT2D eigenvalue weighted by Gasteiger charge is -2.31. The second kappa shape index (κ2) is 14.1. The zero-order valence-electron chi connectivity index (χ0n) is 31.7. The Hall–Kier alpha value is -7.68. The summed E-state index contributed by atoms with van der Waals surface area (Å²) in [5, 5.41) is 8.33. The number of nitrogens with zero attached hydrogens (tertiary/aromatic N) is 1. The van der Waals surface area contributed by atoms with Crippen LogP contribution in [0, 0.1) is 0 Å². The van der Waals surface area contributed by atoms with Gasteiger partial charge in [0.2, 0.25) is 0 Å². The van der Waals surface area contributed by atoms with Crippen LogP contribution in [0.1, 0.15) is 0 Å². The molecule has 0 N–H and O–H groups in total. The molecule has 2 nitrogen and oxygen atoms in total. The maximum absolute atomic E-state index is 6.32. The number of para-hydroxylation sites is 2. The van der Waals surface area contributed by atoms with Crippen molar-refractivity contribution in [1.29, 1.82) is 0 Å². The first-order valence-electron chi connectivity index (χ1n) is 19.8. The van der Waals surface area contributed by atoms with Gasteiger partial charge in [-0.05, 0) is 85.8 Å². The van der Waals surface area contributed by atoms with Crippen molar-refractivity contribution in [3.63, 3.8) is 0 Å². The summed E-state index contributed by atoms with van der Waals surface area (Å²) < 4.78 is 6.32. The number of rotatable bonds is 7. The Labute approximate surface area is 337 Å². The second-order valence-corrected chi connectivity index (χ2v) is 14.9. The fourth-order valence-corrected chi connectivity index (χ4v) is 8.69. The monoisotopic (exact) mass is 739 g/mol. The van der Waals surface area contributed by atoms with E-state index in [1.807, 2.05) is 12.1 Å². The molecule has 0 radical (unpaired) electrons. The van der Waals surface area contributed by atoms with E-state index in [2.05, 4.69) is 217 Å². The molecule has 0 spiro atoms. The van der Waals surface area contributed by atoms with E-state index < -0.39 is 0 Å². The molecule has 0 atom stereocenters. The van der Waals surface area contributed by atoms with Gasteiger partial charge < -0.3 is 9.32 Å². The SMILES string of the molecule is c1ccc(-c2ccc(-c3ccccc3N(c3ccc(-c4cccc(-c5cc6ccccc6o5)c4)c4ccccc34)c3cc4ccccc4c4ccccc34)cc2)cc1. The van der Waals surface area contributed by atoms with Crippen LogP contribution in [0.2, 0.25) is 0 Å². The van der Waals surface area contributed by atoms with Crippen molar-refractivity contribution in [2.45, 2.75) is 0 Å². The zero-order chi connectivity index (χ0) is 38.4. The Morgan fingerprint density at radius 2 is 0.862 bits per heavy atom. The minimum atomic E-state index is 0.867. The van der Waals surface area contributed by atoms with E-state index in [9.17, 15) is 0 Å². The quantitative estimate of drug-likeness (QED) is 0.151. The van der Waals surface area contributed by atoms with Gasteiger partial charge in [-0.15, -0.1) is 0 Å². The number of furan rings is 1. The summed E-state index contributed by atoms with van der Waals surface area (Å²) in [5.41, 5.74) is 12.3. The Kier molecular flexibility index (Phi) is 8.19. The van der Waals surface area contributed by atoms with E-state index in [1.165, 1.54) is 49.0 Å². The van der Waals surface area contributed by atoms with Crippen LogP contribution < -0.4 is 4.90 Å². The molecule has 0 aliphatic rings. The smallest absolute Gasteiger partial charge is 0.135 e. The average molecular weight is 740 g/mol. The van der Waals surface area contributed by atoms with E-state index in [4.69, 9.17) is 4.42 Å². The molecule has 0 saturated carbocycles. The highest BCUT2D eigenvalue weighted by Crippen LogP contribution is 2.48. The van der Waals surface area contributed by atoms with Crippen molar-refractivity contribution >= 4 is 60.3 Å². The molecule has 1 aromatic heterocycles. The van der Waals surface area contributed by atoms with Crippen molar-refractivity contribution in [3.8, 4) is 44.7 Å². The molecular formula is C56H37NO. The van der Waals surface area contributed by atoms with Crippen molar-refractivity contribution < 1.29 is 4.42 Å². The van der Waals surface area contributed by atoms with Crippen LogP contribution in [0.3, 0.4) is 0 Å². The summed E-state index contributed by atoms with van der Waals surface area (Å²) in [6.07, 6.45) is 0. The summed E-state index contributed by atoms with van der Waals surface area (Å²) in [7, 11) is 0. The fraction of sp³-hybridized carbons (Fsp3) is 0. The van der Waals surface area contributed by atoms with Crippen molar-refractivity contribution in [2.24, 2.45) is 0 Å². The number of fused-ring (bicyclic) bond motifs is 5.